The Balaban J connectivity index is 2.20. The number of hydrogen-bond acceptors (Lipinski definition) is 2. The van der Waals surface area contributed by atoms with Crippen LogP contribution in [-0.4, -0.2) is 29.3 Å². The third-order valence-corrected chi connectivity index (χ3v) is 1.84. The highest BCUT2D eigenvalue weighted by Crippen LogP contribution is 2.10. The van der Waals surface area contributed by atoms with E-state index < -0.39 is 0 Å². The molecule has 2 rings (SSSR count). The second-order valence-electron chi connectivity index (χ2n) is 2.82. The molecule has 13 heavy (non-hydrogen) atoms. The lowest BCUT2D eigenvalue weighted by molar-refractivity contribution is -0.00126. The monoisotopic (exact) mass is 177 g/mol. The van der Waals surface area contributed by atoms with Gasteiger partial charge in [0.25, 0.3) is 0 Å². The number of para-hydroxylation sites is 1. The van der Waals surface area contributed by atoms with Gasteiger partial charge in [-0.15, -0.1) is 0 Å². The summed E-state index contributed by atoms with van der Waals surface area (Å²) in [5, 5.41) is 13.4. The van der Waals surface area contributed by atoms with Crippen LogP contribution in [0.25, 0.3) is 0 Å². The maximum Gasteiger partial charge on any atom is 0.223 e. The van der Waals surface area contributed by atoms with E-state index in [1.165, 1.54) is 0 Å². The van der Waals surface area contributed by atoms with Crippen molar-refractivity contribution in [1.82, 2.24) is 10.4 Å². The van der Waals surface area contributed by atoms with Crippen molar-refractivity contribution in [2.24, 2.45) is 4.99 Å². The fraction of sp³-hybridized carbons (Fsp3) is 0.222. The van der Waals surface area contributed by atoms with Crippen LogP contribution in [0, 0.1) is 0 Å². The summed E-state index contributed by atoms with van der Waals surface area (Å²) in [4.78, 5) is 4.22. The van der Waals surface area contributed by atoms with Crippen LogP contribution in [0.3, 0.4) is 0 Å². The summed E-state index contributed by atoms with van der Waals surface area (Å²) in [5.41, 5.74) is 0.839. The van der Waals surface area contributed by atoms with Gasteiger partial charge in [0, 0.05) is 6.54 Å². The van der Waals surface area contributed by atoms with E-state index in [-0.39, 0.29) is 0 Å². The Labute approximate surface area is 76.5 Å². The average molecular weight is 177 g/mol. The van der Waals surface area contributed by atoms with Crippen molar-refractivity contribution in [3.05, 3.63) is 30.3 Å². The van der Waals surface area contributed by atoms with Gasteiger partial charge in [-0.3, -0.25) is 5.21 Å². The smallest absolute Gasteiger partial charge is 0.223 e. The first-order chi connectivity index (χ1) is 6.36. The van der Waals surface area contributed by atoms with Gasteiger partial charge in [0.05, 0.1) is 12.2 Å². The molecule has 4 nitrogen and oxygen atoms in total. The van der Waals surface area contributed by atoms with Crippen molar-refractivity contribution in [3.63, 3.8) is 0 Å². The first kappa shape index (κ1) is 8.07. The number of hydrogen-bond donors (Lipinski definition) is 2. The van der Waals surface area contributed by atoms with Gasteiger partial charge in [-0.1, -0.05) is 18.2 Å². The molecule has 1 aromatic rings. The van der Waals surface area contributed by atoms with E-state index in [4.69, 9.17) is 0 Å². The fourth-order valence-corrected chi connectivity index (χ4v) is 1.19. The predicted octanol–water partition coefficient (Wildman–Crippen LogP) is 0.968. The fourth-order valence-electron chi connectivity index (χ4n) is 1.19. The summed E-state index contributed by atoms with van der Waals surface area (Å²) < 4.78 is 0. The highest BCUT2D eigenvalue weighted by Gasteiger charge is 2.14. The molecule has 0 bridgehead atoms. The van der Waals surface area contributed by atoms with Crippen LogP contribution in [0.15, 0.2) is 35.3 Å². The van der Waals surface area contributed by atoms with Crippen molar-refractivity contribution >= 4 is 11.6 Å². The van der Waals surface area contributed by atoms with Crippen molar-refractivity contribution in [1.29, 1.82) is 0 Å². The Kier molecular flexibility index (Phi) is 2.14. The lowest BCUT2D eigenvalue weighted by Gasteiger charge is -2.06. The Hall–Kier alpha value is -1.55. The number of aliphatic imine (C=N–C) groups is 1. The predicted molar refractivity (Wildman–Crippen MR) is 50.0 cm³/mol. The Bertz CT molecular complexity index is 310. The molecule has 0 radical (unpaired) electrons. The van der Waals surface area contributed by atoms with Gasteiger partial charge in [-0.05, 0) is 12.1 Å². The molecular weight excluding hydrogens is 166 g/mol. The van der Waals surface area contributed by atoms with Crippen molar-refractivity contribution in [2.45, 2.75) is 0 Å². The highest BCUT2D eigenvalue weighted by atomic mass is 16.5. The lowest BCUT2D eigenvalue weighted by atomic mass is 10.3. The minimum atomic E-state index is 0.520. The summed E-state index contributed by atoms with van der Waals surface area (Å²) in [6, 6.07) is 9.54. The molecule has 1 aliphatic rings. The summed E-state index contributed by atoms with van der Waals surface area (Å²) in [6.07, 6.45) is 0. The zero-order chi connectivity index (χ0) is 9.10. The van der Waals surface area contributed by atoms with Gasteiger partial charge in [-0.25, -0.2) is 10.1 Å². The number of nitrogens with one attached hydrogen (secondary N) is 1. The number of hydroxylamine groups is 2. The minimum absolute atomic E-state index is 0.520. The molecule has 0 saturated carbocycles. The van der Waals surface area contributed by atoms with Gasteiger partial charge >= 0.3 is 0 Å². The largest absolute Gasteiger partial charge is 0.352 e. The summed E-state index contributed by atoms with van der Waals surface area (Å²) in [5.74, 6) is 0.520. The van der Waals surface area contributed by atoms with Crippen LogP contribution < -0.4 is 5.32 Å². The molecule has 0 spiro atoms. The quantitative estimate of drug-likeness (QED) is 0.672. The van der Waals surface area contributed by atoms with Crippen LogP contribution in [0.5, 0.6) is 0 Å². The van der Waals surface area contributed by atoms with Gasteiger partial charge in [0.15, 0.2) is 0 Å². The third kappa shape index (κ3) is 1.78. The van der Waals surface area contributed by atoms with E-state index >= 15 is 0 Å². The summed E-state index contributed by atoms with van der Waals surface area (Å²) in [7, 11) is 0. The van der Waals surface area contributed by atoms with E-state index in [1.807, 2.05) is 30.3 Å². The molecule has 1 fully saturated rings. The van der Waals surface area contributed by atoms with Gasteiger partial charge in [0.2, 0.25) is 5.96 Å². The molecule has 1 saturated heterocycles. The zero-order valence-electron chi connectivity index (χ0n) is 7.14. The Morgan fingerprint density at radius 1 is 1.31 bits per heavy atom. The first-order valence-electron chi connectivity index (χ1n) is 4.20. The van der Waals surface area contributed by atoms with Crippen molar-refractivity contribution < 1.29 is 5.21 Å². The van der Waals surface area contributed by atoms with Gasteiger partial charge in [0.1, 0.15) is 0 Å². The Morgan fingerprint density at radius 3 is 2.69 bits per heavy atom. The van der Waals surface area contributed by atoms with E-state index in [0.717, 1.165) is 17.3 Å². The normalized spacial score (nSPS) is 19.2. The van der Waals surface area contributed by atoms with Crippen LogP contribution in [0.1, 0.15) is 0 Å². The average Bonchev–Trinajstić information content (AvgIpc) is 2.54. The maximum absolute atomic E-state index is 9.29. The van der Waals surface area contributed by atoms with Crippen molar-refractivity contribution in [2.75, 3.05) is 13.1 Å². The van der Waals surface area contributed by atoms with Gasteiger partial charge < -0.3 is 5.32 Å². The van der Waals surface area contributed by atoms with E-state index in [0.29, 0.717) is 12.5 Å². The highest BCUT2D eigenvalue weighted by molar-refractivity contribution is 5.83. The summed E-state index contributed by atoms with van der Waals surface area (Å²) >= 11 is 0. The van der Waals surface area contributed by atoms with Crippen LogP contribution in [-0.2, 0) is 0 Å². The zero-order valence-corrected chi connectivity index (χ0v) is 7.14. The second-order valence-corrected chi connectivity index (χ2v) is 2.82. The molecule has 2 N–H and O–H groups in total. The molecule has 68 valence electrons. The van der Waals surface area contributed by atoms with Crippen LogP contribution >= 0.6 is 0 Å². The van der Waals surface area contributed by atoms with E-state index in [1.54, 1.807) is 0 Å². The van der Waals surface area contributed by atoms with Crippen LogP contribution in [0.2, 0.25) is 0 Å². The summed E-state index contributed by atoms with van der Waals surface area (Å²) in [6.45, 7) is 1.33. The number of nitrogens with zero attached hydrogens (tertiary/aromatic N) is 2. The maximum atomic E-state index is 9.29. The third-order valence-electron chi connectivity index (χ3n) is 1.84. The minimum Gasteiger partial charge on any atom is -0.352 e. The molecule has 0 aromatic heterocycles. The lowest BCUT2D eigenvalue weighted by Crippen LogP contribution is -2.26. The number of rotatable bonds is 1. The molecule has 0 amide bonds. The first-order valence-corrected chi connectivity index (χ1v) is 4.20. The Morgan fingerprint density at radius 2 is 2.08 bits per heavy atom. The molecule has 1 aliphatic heterocycles. The van der Waals surface area contributed by atoms with Crippen molar-refractivity contribution in [3.8, 4) is 0 Å². The molecule has 0 aliphatic carbocycles. The SMILES string of the molecule is ON1CCN/C1=N\c1ccccc1. The molecule has 0 unspecified atom stereocenters. The molecule has 1 aromatic carbocycles. The molecule has 0 atom stereocenters. The molecule has 4 heteroatoms. The van der Waals surface area contributed by atoms with E-state index in [9.17, 15) is 5.21 Å². The second kappa shape index (κ2) is 3.45. The number of benzene rings is 1. The van der Waals surface area contributed by atoms with Gasteiger partial charge in [-0.2, -0.15) is 0 Å². The van der Waals surface area contributed by atoms with Crippen LogP contribution in [0.4, 0.5) is 5.69 Å². The number of guanidine groups is 1. The molecule has 1 heterocycles. The topological polar surface area (TPSA) is 47.9 Å². The van der Waals surface area contributed by atoms with E-state index in [2.05, 4.69) is 10.3 Å². The molecular formula is C9H11N3O. The standard InChI is InChI=1S/C9H11N3O/c13-12-7-6-10-9(12)11-8-4-2-1-3-5-8/h1-5,13H,6-7H2,(H,10,11).